The molecule has 1 aliphatic carbocycles. The van der Waals surface area contributed by atoms with Gasteiger partial charge < -0.3 is 9.88 Å². The molecule has 2 rings (SSSR count). The van der Waals surface area contributed by atoms with Gasteiger partial charge in [-0.1, -0.05) is 31.7 Å². The molecule has 1 heterocycles. The second kappa shape index (κ2) is 7.12. The molecule has 4 heteroatoms. The molecule has 0 radical (unpaired) electrons. The Kier molecular flexibility index (Phi) is 5.19. The minimum absolute atomic E-state index is 0.0836. The van der Waals surface area contributed by atoms with Gasteiger partial charge in [0.05, 0.1) is 0 Å². The topological polar surface area (TPSA) is 51.1 Å². The average Bonchev–Trinajstić information content (AvgIpc) is 2.91. The zero-order chi connectivity index (χ0) is 13.5. The standard InChI is InChI=1S/C15H22N2O2/c18-14(12-17-11-4-3-9-15(17)19)16-10-5-8-13-6-1-2-7-13/h3-4,9,11,13H,1-2,5-8,10,12H2,(H,16,18). The molecule has 4 nitrogen and oxygen atoms in total. The summed E-state index contributed by atoms with van der Waals surface area (Å²) < 4.78 is 1.42. The van der Waals surface area contributed by atoms with Crippen molar-refractivity contribution in [3.8, 4) is 0 Å². The van der Waals surface area contributed by atoms with E-state index in [0.717, 1.165) is 18.9 Å². The lowest BCUT2D eigenvalue weighted by Crippen LogP contribution is -2.32. The molecule has 1 amide bonds. The smallest absolute Gasteiger partial charge is 0.250 e. The first-order chi connectivity index (χ1) is 9.25. The van der Waals surface area contributed by atoms with E-state index in [9.17, 15) is 9.59 Å². The van der Waals surface area contributed by atoms with Gasteiger partial charge >= 0.3 is 0 Å². The van der Waals surface area contributed by atoms with Gasteiger partial charge in [0.2, 0.25) is 5.91 Å². The van der Waals surface area contributed by atoms with Gasteiger partial charge in [-0.3, -0.25) is 9.59 Å². The Balaban J connectivity index is 1.64. The normalized spacial score (nSPS) is 15.6. The zero-order valence-electron chi connectivity index (χ0n) is 11.3. The van der Waals surface area contributed by atoms with Gasteiger partial charge in [-0.2, -0.15) is 0 Å². The summed E-state index contributed by atoms with van der Waals surface area (Å²) in [6, 6.07) is 4.90. The molecule has 0 spiro atoms. The van der Waals surface area contributed by atoms with E-state index in [1.54, 1.807) is 18.3 Å². The predicted octanol–water partition coefficient (Wildman–Crippen LogP) is 1.93. The monoisotopic (exact) mass is 262 g/mol. The number of pyridine rings is 1. The molecule has 1 aromatic rings. The summed E-state index contributed by atoms with van der Waals surface area (Å²) in [7, 11) is 0. The molecule has 0 aliphatic heterocycles. The van der Waals surface area contributed by atoms with E-state index in [1.807, 2.05) is 0 Å². The van der Waals surface area contributed by atoms with Crippen molar-refractivity contribution in [2.24, 2.45) is 5.92 Å². The van der Waals surface area contributed by atoms with Crippen LogP contribution >= 0.6 is 0 Å². The Morgan fingerprint density at radius 2 is 2.11 bits per heavy atom. The maximum absolute atomic E-state index is 11.7. The summed E-state index contributed by atoms with van der Waals surface area (Å²) in [5.74, 6) is 0.786. The van der Waals surface area contributed by atoms with Crippen molar-refractivity contribution in [1.82, 2.24) is 9.88 Å². The molecule has 1 aromatic heterocycles. The van der Waals surface area contributed by atoms with Gasteiger partial charge in [-0.05, 0) is 24.8 Å². The van der Waals surface area contributed by atoms with E-state index in [4.69, 9.17) is 0 Å². The fourth-order valence-electron chi connectivity index (χ4n) is 2.72. The van der Waals surface area contributed by atoms with Crippen LogP contribution in [0.4, 0.5) is 0 Å². The molecule has 104 valence electrons. The number of carbonyl (C=O) groups excluding carboxylic acids is 1. The number of rotatable bonds is 6. The van der Waals surface area contributed by atoms with E-state index in [2.05, 4.69) is 5.32 Å². The van der Waals surface area contributed by atoms with E-state index < -0.39 is 0 Å². The van der Waals surface area contributed by atoms with E-state index in [1.165, 1.54) is 42.7 Å². The number of hydrogen-bond donors (Lipinski definition) is 1. The first-order valence-corrected chi connectivity index (χ1v) is 7.18. The van der Waals surface area contributed by atoms with Crippen molar-refractivity contribution in [3.63, 3.8) is 0 Å². The van der Waals surface area contributed by atoms with Crippen LogP contribution in [0.3, 0.4) is 0 Å². The Morgan fingerprint density at radius 1 is 1.32 bits per heavy atom. The molecule has 1 aliphatic rings. The number of amides is 1. The summed E-state index contributed by atoms with van der Waals surface area (Å²) in [5, 5.41) is 2.88. The van der Waals surface area contributed by atoms with Crippen molar-refractivity contribution < 1.29 is 4.79 Å². The summed E-state index contributed by atoms with van der Waals surface area (Å²) in [5.41, 5.74) is -0.136. The van der Waals surface area contributed by atoms with Crippen molar-refractivity contribution >= 4 is 5.91 Å². The summed E-state index contributed by atoms with van der Waals surface area (Å²) in [6.45, 7) is 0.833. The van der Waals surface area contributed by atoms with E-state index in [-0.39, 0.29) is 18.0 Å². The molecule has 0 aromatic carbocycles. The summed E-state index contributed by atoms with van der Waals surface area (Å²) >= 11 is 0. The fraction of sp³-hybridized carbons (Fsp3) is 0.600. The third-order valence-electron chi connectivity index (χ3n) is 3.80. The summed E-state index contributed by atoms with van der Waals surface area (Å²) in [4.78, 5) is 23.1. The van der Waals surface area contributed by atoms with Crippen LogP contribution in [-0.4, -0.2) is 17.0 Å². The molecule has 1 fully saturated rings. The molecule has 1 saturated carbocycles. The van der Waals surface area contributed by atoms with Crippen molar-refractivity contribution in [3.05, 3.63) is 34.7 Å². The van der Waals surface area contributed by atoms with Crippen molar-refractivity contribution in [2.75, 3.05) is 6.54 Å². The highest BCUT2D eigenvalue weighted by molar-refractivity contribution is 5.75. The quantitative estimate of drug-likeness (QED) is 0.796. The molecular weight excluding hydrogens is 240 g/mol. The van der Waals surface area contributed by atoms with Crippen LogP contribution in [0.1, 0.15) is 38.5 Å². The van der Waals surface area contributed by atoms with Gasteiger partial charge in [0.15, 0.2) is 0 Å². The lowest BCUT2D eigenvalue weighted by Gasteiger charge is -2.10. The minimum atomic E-state index is -0.136. The van der Waals surface area contributed by atoms with Gasteiger partial charge in [0, 0.05) is 18.8 Å². The number of carbonyl (C=O) groups is 1. The lowest BCUT2D eigenvalue weighted by atomic mass is 10.0. The van der Waals surface area contributed by atoms with Crippen LogP contribution in [0.15, 0.2) is 29.2 Å². The first-order valence-electron chi connectivity index (χ1n) is 7.18. The Bertz CT molecular complexity index is 461. The highest BCUT2D eigenvalue weighted by Gasteiger charge is 2.14. The largest absolute Gasteiger partial charge is 0.355 e. The van der Waals surface area contributed by atoms with Gasteiger partial charge in [0.25, 0.3) is 5.56 Å². The van der Waals surface area contributed by atoms with Gasteiger partial charge in [-0.15, -0.1) is 0 Å². The lowest BCUT2D eigenvalue weighted by molar-refractivity contribution is -0.121. The predicted molar refractivity (Wildman–Crippen MR) is 74.9 cm³/mol. The average molecular weight is 262 g/mol. The Labute approximate surface area is 113 Å². The first kappa shape index (κ1) is 13.8. The number of aromatic nitrogens is 1. The van der Waals surface area contributed by atoms with Crippen LogP contribution in [0.25, 0.3) is 0 Å². The summed E-state index contributed by atoms with van der Waals surface area (Å²) in [6.07, 6.45) is 9.34. The Morgan fingerprint density at radius 3 is 2.84 bits per heavy atom. The maximum atomic E-state index is 11.7. The molecule has 19 heavy (non-hydrogen) atoms. The van der Waals surface area contributed by atoms with Crippen molar-refractivity contribution in [1.29, 1.82) is 0 Å². The van der Waals surface area contributed by atoms with Crippen LogP contribution in [0, 0.1) is 5.92 Å². The molecular formula is C15H22N2O2. The molecule has 0 saturated heterocycles. The molecule has 0 atom stereocenters. The molecule has 0 unspecified atom stereocenters. The number of nitrogens with zero attached hydrogens (tertiary/aromatic N) is 1. The maximum Gasteiger partial charge on any atom is 0.250 e. The highest BCUT2D eigenvalue weighted by atomic mass is 16.2. The minimum Gasteiger partial charge on any atom is -0.355 e. The SMILES string of the molecule is O=C(Cn1ccccc1=O)NCCCC1CCCC1. The molecule has 1 N–H and O–H groups in total. The van der Waals surface area contributed by atoms with Crippen LogP contribution < -0.4 is 10.9 Å². The van der Waals surface area contributed by atoms with Gasteiger partial charge in [-0.25, -0.2) is 0 Å². The van der Waals surface area contributed by atoms with Gasteiger partial charge in [0.1, 0.15) is 6.54 Å². The highest BCUT2D eigenvalue weighted by Crippen LogP contribution is 2.28. The fourth-order valence-corrected chi connectivity index (χ4v) is 2.72. The Hall–Kier alpha value is -1.58. The number of nitrogens with one attached hydrogen (secondary N) is 1. The third-order valence-corrected chi connectivity index (χ3v) is 3.80. The van der Waals surface area contributed by atoms with E-state index in [0.29, 0.717) is 0 Å². The van der Waals surface area contributed by atoms with Crippen LogP contribution in [-0.2, 0) is 11.3 Å². The second-order valence-corrected chi connectivity index (χ2v) is 5.31. The third kappa shape index (κ3) is 4.54. The number of hydrogen-bond acceptors (Lipinski definition) is 2. The zero-order valence-corrected chi connectivity index (χ0v) is 11.3. The van der Waals surface area contributed by atoms with Crippen LogP contribution in [0.2, 0.25) is 0 Å². The molecule has 0 bridgehead atoms. The van der Waals surface area contributed by atoms with Crippen LogP contribution in [0.5, 0.6) is 0 Å². The van der Waals surface area contributed by atoms with Crippen molar-refractivity contribution in [2.45, 2.75) is 45.1 Å². The van der Waals surface area contributed by atoms with E-state index >= 15 is 0 Å². The second-order valence-electron chi connectivity index (χ2n) is 5.31.